The first-order chi connectivity index (χ1) is 24.6. The van der Waals surface area contributed by atoms with Crippen molar-refractivity contribution in [3.05, 3.63) is 70.9 Å². The van der Waals surface area contributed by atoms with Crippen molar-refractivity contribution in [3.63, 3.8) is 0 Å². The first kappa shape index (κ1) is 33.3. The summed E-state index contributed by atoms with van der Waals surface area (Å²) in [5, 5.41) is 10.2. The van der Waals surface area contributed by atoms with Crippen molar-refractivity contribution in [3.8, 4) is 29.0 Å². The van der Waals surface area contributed by atoms with Crippen molar-refractivity contribution in [2.24, 2.45) is 0 Å². The molecule has 262 valence electrons. The second-order valence-corrected chi connectivity index (χ2v) is 14.6. The lowest BCUT2D eigenvalue weighted by Crippen LogP contribution is -2.43. The average Bonchev–Trinajstić information content (AvgIpc) is 3.72. The molecule has 2 aromatic carbocycles. The number of nitriles is 1. The van der Waals surface area contributed by atoms with Crippen LogP contribution in [-0.2, 0) is 0 Å². The Balaban J connectivity index is 1.39. The molecule has 4 N–H and O–H groups in total. The van der Waals surface area contributed by atoms with Gasteiger partial charge in [0.1, 0.15) is 53.4 Å². The molecule has 8 rings (SSSR count). The van der Waals surface area contributed by atoms with E-state index in [0.717, 1.165) is 30.7 Å². The Bertz CT molecular complexity index is 2300. The number of benzene rings is 2. The molecule has 0 amide bonds. The third kappa shape index (κ3) is 5.12. The van der Waals surface area contributed by atoms with Crippen molar-refractivity contribution in [1.82, 2.24) is 19.9 Å². The molecule has 0 radical (unpaired) electrons. The van der Waals surface area contributed by atoms with Crippen LogP contribution in [0, 0.1) is 23.0 Å². The van der Waals surface area contributed by atoms with Crippen LogP contribution in [0.3, 0.4) is 0 Å². The van der Waals surface area contributed by atoms with Gasteiger partial charge >= 0.3 is 6.01 Å². The minimum Gasteiger partial charge on any atom is -0.489 e. The molecule has 1 unspecified atom stereocenters. The van der Waals surface area contributed by atoms with E-state index in [1.165, 1.54) is 12.1 Å². The number of nitrogen functional groups attached to an aromatic ring is 2. The summed E-state index contributed by atoms with van der Waals surface area (Å²) < 4.78 is 59.9. The van der Waals surface area contributed by atoms with Gasteiger partial charge in [0.2, 0.25) is 0 Å². The van der Waals surface area contributed by atoms with Gasteiger partial charge < -0.3 is 25.8 Å². The monoisotopic (exact) mass is 732 g/mol. The molecule has 3 aliphatic rings. The molecule has 15 heteroatoms. The average molecular weight is 733 g/mol. The Morgan fingerprint density at radius 3 is 2.86 bits per heavy atom. The summed E-state index contributed by atoms with van der Waals surface area (Å²) in [6.07, 6.45) is 4.25. The van der Waals surface area contributed by atoms with Gasteiger partial charge in [-0.3, -0.25) is 4.90 Å². The fraction of sp³-hybridized carbons (Fsp3) is 0.333. The van der Waals surface area contributed by atoms with Crippen LogP contribution >= 0.6 is 22.9 Å². The number of fused-ring (bicyclic) bond motifs is 2. The number of ether oxygens (including phenoxy) is 2. The summed E-state index contributed by atoms with van der Waals surface area (Å²) in [6, 6.07) is 7.01. The van der Waals surface area contributed by atoms with Gasteiger partial charge in [-0.2, -0.15) is 15.2 Å². The Morgan fingerprint density at radius 2 is 2.10 bits per heavy atom. The molecule has 10 nitrogen and oxygen atoms in total. The number of thiophene rings is 1. The highest BCUT2D eigenvalue weighted by molar-refractivity contribution is 7.23. The Morgan fingerprint density at radius 1 is 1.27 bits per heavy atom. The van der Waals surface area contributed by atoms with E-state index in [0.29, 0.717) is 24.3 Å². The van der Waals surface area contributed by atoms with Crippen molar-refractivity contribution in [1.29, 1.82) is 5.26 Å². The predicted molar refractivity (Wildman–Crippen MR) is 192 cm³/mol. The molecular formula is C36H32ClF3N8O2S. The minimum absolute atomic E-state index is 0.00290. The maximum absolute atomic E-state index is 17.4. The van der Waals surface area contributed by atoms with E-state index in [-0.39, 0.29) is 78.5 Å². The van der Waals surface area contributed by atoms with Gasteiger partial charge in [0, 0.05) is 35.7 Å². The summed E-state index contributed by atoms with van der Waals surface area (Å²) in [5.41, 5.74) is 12.4. The second kappa shape index (κ2) is 12.4. The fourth-order valence-corrected chi connectivity index (χ4v) is 9.29. The maximum atomic E-state index is 17.4. The van der Waals surface area contributed by atoms with E-state index in [2.05, 4.69) is 21.4 Å². The molecule has 6 heterocycles. The van der Waals surface area contributed by atoms with Crippen molar-refractivity contribution < 1.29 is 22.6 Å². The van der Waals surface area contributed by atoms with Gasteiger partial charge in [-0.05, 0) is 44.0 Å². The van der Waals surface area contributed by atoms with Crippen LogP contribution in [0.25, 0.3) is 32.1 Å². The maximum Gasteiger partial charge on any atom is 0.319 e. The third-order valence-electron chi connectivity index (χ3n) is 10.4. The smallest absolute Gasteiger partial charge is 0.319 e. The molecule has 2 saturated heterocycles. The lowest BCUT2D eigenvalue weighted by molar-refractivity contribution is 0.107. The first-order valence-electron chi connectivity index (χ1n) is 16.5. The summed E-state index contributed by atoms with van der Waals surface area (Å²) in [4.78, 5) is 17.7. The van der Waals surface area contributed by atoms with E-state index >= 15 is 8.78 Å². The highest BCUT2D eigenvalue weighted by Gasteiger charge is 2.49. The SMILES string of the molecule is C=C[C@H]1COc2c(Cl)c(-c3ccc(F)c4sc(N)c(C#N)c34)c(F)c3nc(OC[C@@]45CCCN4C[C@H](F)C5)nc(c23)N1C(C)c1cccnc1N. The van der Waals surface area contributed by atoms with Gasteiger partial charge in [-0.25, -0.2) is 18.2 Å². The molecular weight excluding hydrogens is 701 g/mol. The fourth-order valence-electron chi connectivity index (χ4n) is 8.01. The number of rotatable bonds is 7. The summed E-state index contributed by atoms with van der Waals surface area (Å²) in [5.74, 6) is -0.859. The molecule has 5 aromatic rings. The van der Waals surface area contributed by atoms with Crippen LogP contribution < -0.4 is 25.8 Å². The van der Waals surface area contributed by atoms with Crippen LogP contribution in [0.15, 0.2) is 43.1 Å². The van der Waals surface area contributed by atoms with Gasteiger partial charge in [-0.1, -0.05) is 29.8 Å². The topological polar surface area (TPSA) is 139 Å². The van der Waals surface area contributed by atoms with Crippen molar-refractivity contribution >= 4 is 60.6 Å². The van der Waals surface area contributed by atoms with E-state index in [4.69, 9.17) is 37.5 Å². The van der Waals surface area contributed by atoms with Gasteiger partial charge in [0.25, 0.3) is 0 Å². The van der Waals surface area contributed by atoms with E-state index < -0.39 is 35.4 Å². The summed E-state index contributed by atoms with van der Waals surface area (Å²) >= 11 is 7.99. The summed E-state index contributed by atoms with van der Waals surface area (Å²) in [6.45, 7) is 7.16. The minimum atomic E-state index is -0.982. The molecule has 0 aliphatic carbocycles. The Kier molecular flexibility index (Phi) is 8.12. The van der Waals surface area contributed by atoms with Crippen molar-refractivity contribution in [2.45, 2.75) is 50.0 Å². The molecule has 2 fully saturated rings. The molecule has 0 saturated carbocycles. The van der Waals surface area contributed by atoms with Crippen LogP contribution in [0.1, 0.15) is 43.4 Å². The number of nitrogens with two attached hydrogens (primary N) is 2. The zero-order valence-corrected chi connectivity index (χ0v) is 29.0. The van der Waals surface area contributed by atoms with Crippen molar-refractivity contribution in [2.75, 3.05) is 42.7 Å². The number of halogens is 4. The van der Waals surface area contributed by atoms with Crippen LogP contribution in [-0.4, -0.2) is 63.9 Å². The normalized spacial score (nSPS) is 22.1. The highest BCUT2D eigenvalue weighted by atomic mass is 35.5. The number of anilines is 3. The Labute approximate surface area is 300 Å². The van der Waals surface area contributed by atoms with Gasteiger partial charge in [0.15, 0.2) is 11.6 Å². The van der Waals surface area contributed by atoms with E-state index in [9.17, 15) is 9.65 Å². The lowest BCUT2D eigenvalue weighted by Gasteiger charge is -2.35. The number of pyridine rings is 1. The van der Waals surface area contributed by atoms with E-state index in [1.54, 1.807) is 18.3 Å². The summed E-state index contributed by atoms with van der Waals surface area (Å²) in [7, 11) is 0. The highest BCUT2D eigenvalue weighted by Crippen LogP contribution is 2.52. The number of hydrogen-bond donors (Lipinski definition) is 2. The van der Waals surface area contributed by atoms with Crippen LogP contribution in [0.5, 0.6) is 11.8 Å². The number of alkyl halides is 1. The predicted octanol–water partition coefficient (Wildman–Crippen LogP) is 7.34. The van der Waals surface area contributed by atoms with Gasteiger partial charge in [-0.15, -0.1) is 17.9 Å². The zero-order chi connectivity index (χ0) is 35.8. The quantitative estimate of drug-likeness (QED) is 0.163. The molecule has 4 atom stereocenters. The van der Waals surface area contributed by atoms with Crippen LogP contribution in [0.4, 0.5) is 29.8 Å². The number of nitrogens with zero attached hydrogens (tertiary/aromatic N) is 6. The second-order valence-electron chi connectivity index (χ2n) is 13.2. The zero-order valence-electron chi connectivity index (χ0n) is 27.4. The number of aromatic nitrogens is 3. The molecule has 51 heavy (non-hydrogen) atoms. The standard InChI is InChI=1S/C36H32ClF3N8O2S/c1-3-19-15-49-30-26-29(28(40)25(27(30)37)21-7-8-23(39)31-24(21)22(13-41)33(43)51-31)45-35(50-16-36-9-5-11-47(36)14-18(38)12-36)46-34(26)48(19)17(2)20-6-4-10-44-32(20)42/h3-4,6-8,10,17-19H,1,5,9,11-12,14-16,43H2,2H3,(H2,42,44)/t17?,18-,19+,36+/m1/s1. The molecule has 3 aromatic heterocycles. The van der Waals surface area contributed by atoms with Gasteiger partial charge in [0.05, 0.1) is 38.3 Å². The largest absolute Gasteiger partial charge is 0.489 e. The van der Waals surface area contributed by atoms with Crippen LogP contribution in [0.2, 0.25) is 5.02 Å². The Hall–Kier alpha value is -4.84. The van der Waals surface area contributed by atoms with E-state index in [1.807, 2.05) is 24.0 Å². The molecule has 0 bridgehead atoms. The third-order valence-corrected chi connectivity index (χ3v) is 11.8. The molecule has 3 aliphatic heterocycles. The number of hydrogen-bond acceptors (Lipinski definition) is 11. The lowest BCUT2D eigenvalue weighted by atomic mass is 9.95. The molecule has 0 spiro atoms. The first-order valence-corrected chi connectivity index (χ1v) is 17.7.